The maximum absolute atomic E-state index is 13.7. The number of hydrogen-bond donors (Lipinski definition) is 2. The third kappa shape index (κ3) is 3.08. The van der Waals surface area contributed by atoms with Crippen molar-refractivity contribution in [1.29, 1.82) is 0 Å². The Morgan fingerprint density at radius 2 is 2.10 bits per heavy atom. The smallest absolute Gasteiger partial charge is 0.352 e. The number of para-hydroxylation sites is 1. The summed E-state index contributed by atoms with van der Waals surface area (Å²) >= 11 is 3.05. The van der Waals surface area contributed by atoms with Crippen LogP contribution in [0.4, 0.5) is 10.1 Å². The van der Waals surface area contributed by atoms with Gasteiger partial charge in [0.1, 0.15) is 16.4 Å². The number of carbonyl (C=O) groups is 1. The number of halogens is 2. The van der Waals surface area contributed by atoms with Crippen LogP contribution in [-0.4, -0.2) is 24.1 Å². The topological polar surface area (TPSA) is 88.4 Å². The van der Waals surface area contributed by atoms with Crippen LogP contribution >= 0.6 is 15.9 Å². The first-order valence-electron chi connectivity index (χ1n) is 5.59. The number of anilines is 1. The summed E-state index contributed by atoms with van der Waals surface area (Å²) in [6.45, 7) is 0. The lowest BCUT2D eigenvalue weighted by Gasteiger charge is -2.09. The SMILES string of the molecule is Cn1cc(S(=O)(=O)Nc2c(F)cccc2Br)cc1C(=O)O. The maximum atomic E-state index is 13.7. The quantitative estimate of drug-likeness (QED) is 0.857. The van der Waals surface area contributed by atoms with Crippen molar-refractivity contribution in [3.8, 4) is 0 Å². The van der Waals surface area contributed by atoms with Gasteiger partial charge in [-0.1, -0.05) is 6.07 Å². The van der Waals surface area contributed by atoms with Crippen LogP contribution in [0.25, 0.3) is 0 Å². The van der Waals surface area contributed by atoms with Gasteiger partial charge in [0.15, 0.2) is 0 Å². The van der Waals surface area contributed by atoms with Gasteiger partial charge >= 0.3 is 5.97 Å². The van der Waals surface area contributed by atoms with Crippen LogP contribution in [0.3, 0.4) is 0 Å². The lowest BCUT2D eigenvalue weighted by Crippen LogP contribution is -2.13. The Labute approximate surface area is 128 Å². The summed E-state index contributed by atoms with van der Waals surface area (Å²) in [6.07, 6.45) is 1.14. The van der Waals surface area contributed by atoms with Crippen molar-refractivity contribution in [2.75, 3.05) is 4.72 Å². The van der Waals surface area contributed by atoms with Gasteiger partial charge in [-0.25, -0.2) is 17.6 Å². The molecule has 0 atom stereocenters. The number of aromatic carboxylic acids is 1. The van der Waals surface area contributed by atoms with Gasteiger partial charge in [0.25, 0.3) is 10.0 Å². The summed E-state index contributed by atoms with van der Waals surface area (Å²) in [5.74, 6) is -2.01. The van der Waals surface area contributed by atoms with E-state index in [1.807, 2.05) is 0 Å². The molecule has 9 heteroatoms. The molecule has 0 aliphatic carbocycles. The normalized spacial score (nSPS) is 11.4. The zero-order valence-electron chi connectivity index (χ0n) is 10.7. The van der Waals surface area contributed by atoms with Crippen LogP contribution in [-0.2, 0) is 17.1 Å². The van der Waals surface area contributed by atoms with Crippen LogP contribution in [0.5, 0.6) is 0 Å². The molecular weight excluding hydrogens is 367 g/mol. The monoisotopic (exact) mass is 376 g/mol. The van der Waals surface area contributed by atoms with Crippen molar-refractivity contribution in [2.45, 2.75) is 4.90 Å². The van der Waals surface area contributed by atoms with Crippen LogP contribution in [0.15, 0.2) is 39.8 Å². The van der Waals surface area contributed by atoms with Crippen LogP contribution < -0.4 is 4.72 Å². The number of aromatic nitrogens is 1. The lowest BCUT2D eigenvalue weighted by atomic mass is 10.3. The number of benzene rings is 1. The number of aryl methyl sites for hydroxylation is 1. The second kappa shape index (κ2) is 5.49. The van der Waals surface area contributed by atoms with Crippen LogP contribution in [0.1, 0.15) is 10.5 Å². The minimum atomic E-state index is -4.10. The highest BCUT2D eigenvalue weighted by Crippen LogP contribution is 2.28. The Hall–Kier alpha value is -1.87. The predicted octanol–water partition coefficient (Wildman–Crippen LogP) is 2.43. The van der Waals surface area contributed by atoms with Crippen molar-refractivity contribution in [3.05, 3.63) is 46.4 Å². The minimum Gasteiger partial charge on any atom is -0.477 e. The maximum Gasteiger partial charge on any atom is 0.352 e. The van der Waals surface area contributed by atoms with Gasteiger partial charge < -0.3 is 9.67 Å². The second-order valence-electron chi connectivity index (χ2n) is 4.18. The van der Waals surface area contributed by atoms with Crippen LogP contribution in [0, 0.1) is 5.82 Å². The molecule has 2 N–H and O–H groups in total. The number of rotatable bonds is 4. The lowest BCUT2D eigenvalue weighted by molar-refractivity contribution is 0.0686. The van der Waals surface area contributed by atoms with Crippen molar-refractivity contribution in [2.24, 2.45) is 7.05 Å². The van der Waals surface area contributed by atoms with Gasteiger partial charge in [0.05, 0.1) is 5.69 Å². The Morgan fingerprint density at radius 3 is 2.62 bits per heavy atom. The van der Waals surface area contributed by atoms with E-state index in [1.165, 1.54) is 19.2 Å². The number of sulfonamides is 1. The number of carboxylic acids is 1. The average Bonchev–Trinajstić information content (AvgIpc) is 2.77. The fourth-order valence-electron chi connectivity index (χ4n) is 1.68. The van der Waals surface area contributed by atoms with Gasteiger partial charge in [-0.15, -0.1) is 0 Å². The molecule has 1 aromatic carbocycles. The van der Waals surface area contributed by atoms with Gasteiger partial charge in [-0.05, 0) is 34.1 Å². The first kappa shape index (κ1) is 15.5. The van der Waals surface area contributed by atoms with E-state index in [2.05, 4.69) is 20.7 Å². The van der Waals surface area contributed by atoms with Crippen molar-refractivity contribution >= 4 is 37.6 Å². The van der Waals surface area contributed by atoms with Gasteiger partial charge in [-0.2, -0.15) is 0 Å². The largest absolute Gasteiger partial charge is 0.477 e. The summed E-state index contributed by atoms with van der Waals surface area (Å²) in [5.41, 5.74) is -0.429. The van der Waals surface area contributed by atoms with Gasteiger partial charge in [-0.3, -0.25) is 4.72 Å². The Morgan fingerprint density at radius 1 is 1.43 bits per heavy atom. The fraction of sp³-hybridized carbons (Fsp3) is 0.0833. The molecule has 0 fully saturated rings. The van der Waals surface area contributed by atoms with Gasteiger partial charge in [0.2, 0.25) is 0 Å². The Kier molecular flexibility index (Phi) is 4.06. The van der Waals surface area contributed by atoms with E-state index in [4.69, 9.17) is 5.11 Å². The standard InChI is InChI=1S/C12H10BrFN2O4S/c1-16-6-7(5-10(16)12(17)18)21(19,20)15-11-8(13)3-2-4-9(11)14/h2-6,15H,1H3,(H,17,18). The highest BCUT2D eigenvalue weighted by Gasteiger charge is 2.22. The zero-order valence-corrected chi connectivity index (χ0v) is 13.1. The summed E-state index contributed by atoms with van der Waals surface area (Å²) in [6, 6.07) is 5.01. The predicted molar refractivity (Wildman–Crippen MR) is 77.3 cm³/mol. The fourth-order valence-corrected chi connectivity index (χ4v) is 3.41. The molecule has 2 rings (SSSR count). The molecule has 0 aliphatic rings. The van der Waals surface area contributed by atoms with Crippen molar-refractivity contribution in [3.63, 3.8) is 0 Å². The van der Waals surface area contributed by atoms with E-state index in [0.29, 0.717) is 0 Å². The number of nitrogens with one attached hydrogen (secondary N) is 1. The van der Waals surface area contributed by atoms with E-state index in [-0.39, 0.29) is 20.7 Å². The molecule has 0 saturated carbocycles. The first-order valence-corrected chi connectivity index (χ1v) is 7.86. The molecular formula is C12H10BrFN2O4S. The first-order chi connectivity index (χ1) is 9.72. The molecule has 0 unspecified atom stereocenters. The van der Waals surface area contributed by atoms with E-state index in [9.17, 15) is 17.6 Å². The molecule has 0 bridgehead atoms. The van der Waals surface area contributed by atoms with E-state index in [1.54, 1.807) is 0 Å². The average molecular weight is 377 g/mol. The Bertz CT molecular complexity index is 796. The summed E-state index contributed by atoms with van der Waals surface area (Å²) < 4.78 is 41.5. The minimum absolute atomic E-state index is 0.192. The zero-order chi connectivity index (χ0) is 15.8. The molecule has 1 aromatic heterocycles. The summed E-state index contributed by atoms with van der Waals surface area (Å²) in [5, 5.41) is 8.92. The van der Waals surface area contributed by atoms with Crippen molar-refractivity contribution in [1.82, 2.24) is 4.57 Å². The highest BCUT2D eigenvalue weighted by atomic mass is 79.9. The van der Waals surface area contributed by atoms with Crippen molar-refractivity contribution < 1.29 is 22.7 Å². The third-order valence-corrected chi connectivity index (χ3v) is 4.69. The highest BCUT2D eigenvalue weighted by molar-refractivity contribution is 9.10. The molecule has 1 heterocycles. The molecule has 0 radical (unpaired) electrons. The number of hydrogen-bond acceptors (Lipinski definition) is 3. The molecule has 112 valence electrons. The molecule has 0 amide bonds. The molecule has 0 spiro atoms. The van der Waals surface area contributed by atoms with E-state index in [0.717, 1.165) is 22.9 Å². The molecule has 2 aromatic rings. The van der Waals surface area contributed by atoms with Gasteiger partial charge in [0, 0.05) is 17.7 Å². The Balaban J connectivity index is 2.44. The molecule has 6 nitrogen and oxygen atoms in total. The van der Waals surface area contributed by atoms with Crippen LogP contribution in [0.2, 0.25) is 0 Å². The number of nitrogens with zero attached hydrogens (tertiary/aromatic N) is 1. The van der Waals surface area contributed by atoms with E-state index >= 15 is 0 Å². The molecule has 0 saturated heterocycles. The van der Waals surface area contributed by atoms with E-state index < -0.39 is 21.8 Å². The molecule has 0 aliphatic heterocycles. The molecule has 21 heavy (non-hydrogen) atoms. The second-order valence-corrected chi connectivity index (χ2v) is 6.72. The number of carboxylic acid groups (broad SMARTS) is 1. The third-order valence-electron chi connectivity index (χ3n) is 2.71. The summed E-state index contributed by atoms with van der Waals surface area (Å²) in [7, 11) is -2.69. The summed E-state index contributed by atoms with van der Waals surface area (Å²) in [4.78, 5) is 10.7.